The smallest absolute Gasteiger partial charge is 0.251 e. The first kappa shape index (κ1) is 12.6. The second-order valence-corrected chi connectivity index (χ2v) is 4.87. The minimum absolute atomic E-state index is 0.0294. The van der Waals surface area contributed by atoms with E-state index in [0.29, 0.717) is 18.0 Å². The Morgan fingerprint density at radius 1 is 1.44 bits per heavy atom. The van der Waals surface area contributed by atoms with Crippen LogP contribution in [0, 0.1) is 5.92 Å². The Balaban J connectivity index is 2.21. The second kappa shape index (κ2) is 5.21. The van der Waals surface area contributed by atoms with Crippen LogP contribution in [-0.2, 0) is 6.42 Å². The van der Waals surface area contributed by atoms with Crippen molar-refractivity contribution in [2.45, 2.75) is 27.2 Å². The Bertz CT molecular complexity index is 557. The van der Waals surface area contributed by atoms with Crippen molar-refractivity contribution in [3.8, 4) is 0 Å². The molecule has 96 valence electrons. The summed E-state index contributed by atoms with van der Waals surface area (Å²) in [5.74, 6) is 1.37. The number of rotatable bonds is 4. The largest absolute Gasteiger partial charge is 0.352 e. The second-order valence-electron chi connectivity index (χ2n) is 4.87. The molecule has 0 fully saturated rings. The third kappa shape index (κ3) is 2.70. The molecule has 1 aromatic heterocycles. The van der Waals surface area contributed by atoms with Gasteiger partial charge in [0.05, 0.1) is 11.0 Å². The van der Waals surface area contributed by atoms with Crippen molar-refractivity contribution in [2.24, 2.45) is 5.92 Å². The van der Waals surface area contributed by atoms with Crippen LogP contribution < -0.4 is 5.32 Å². The number of nitrogens with zero attached hydrogens (tertiary/aromatic N) is 1. The number of aromatic nitrogens is 2. The van der Waals surface area contributed by atoms with Crippen LogP contribution in [0.2, 0.25) is 0 Å². The van der Waals surface area contributed by atoms with Gasteiger partial charge in [0.15, 0.2) is 0 Å². The van der Waals surface area contributed by atoms with Crippen molar-refractivity contribution in [3.63, 3.8) is 0 Å². The van der Waals surface area contributed by atoms with Crippen molar-refractivity contribution < 1.29 is 4.79 Å². The molecule has 0 aliphatic heterocycles. The van der Waals surface area contributed by atoms with Crippen LogP contribution in [0.5, 0.6) is 0 Å². The number of aromatic amines is 1. The van der Waals surface area contributed by atoms with Gasteiger partial charge in [-0.15, -0.1) is 0 Å². The van der Waals surface area contributed by atoms with Gasteiger partial charge in [0.1, 0.15) is 5.82 Å². The lowest BCUT2D eigenvalue weighted by atomic mass is 10.1. The van der Waals surface area contributed by atoms with Gasteiger partial charge in [0.25, 0.3) is 5.91 Å². The summed E-state index contributed by atoms with van der Waals surface area (Å²) in [6.07, 6.45) is 0.865. The Morgan fingerprint density at radius 3 is 2.89 bits per heavy atom. The Kier molecular flexibility index (Phi) is 3.65. The molecule has 0 saturated carbocycles. The number of amides is 1. The summed E-state index contributed by atoms with van der Waals surface area (Å²) in [7, 11) is 0. The summed E-state index contributed by atoms with van der Waals surface area (Å²) in [6.45, 7) is 6.89. The number of H-pyrrole nitrogens is 1. The number of fused-ring (bicyclic) bond motifs is 1. The number of hydrogen-bond acceptors (Lipinski definition) is 2. The van der Waals surface area contributed by atoms with E-state index < -0.39 is 0 Å². The van der Waals surface area contributed by atoms with E-state index in [1.807, 2.05) is 25.1 Å². The Morgan fingerprint density at radius 2 is 2.22 bits per heavy atom. The van der Waals surface area contributed by atoms with Crippen LogP contribution in [0.25, 0.3) is 11.0 Å². The van der Waals surface area contributed by atoms with E-state index in [9.17, 15) is 4.79 Å². The standard InChI is InChI=1S/C14H19N3O/c1-4-13-16-11-6-5-10(7-12(11)17-13)14(18)15-8-9(2)3/h5-7,9H,4,8H2,1-3H3,(H,15,18)(H,16,17). The minimum atomic E-state index is -0.0294. The van der Waals surface area contributed by atoms with Crippen LogP contribution in [0.1, 0.15) is 37.0 Å². The third-order valence-electron chi connectivity index (χ3n) is 2.80. The molecule has 4 heteroatoms. The molecule has 0 radical (unpaired) electrons. The predicted octanol–water partition coefficient (Wildman–Crippen LogP) is 2.51. The molecule has 2 aromatic rings. The Hall–Kier alpha value is -1.84. The molecular formula is C14H19N3O. The zero-order valence-corrected chi connectivity index (χ0v) is 11.1. The van der Waals surface area contributed by atoms with Crippen LogP contribution in [-0.4, -0.2) is 22.4 Å². The molecule has 0 bridgehead atoms. The van der Waals surface area contributed by atoms with Crippen molar-refractivity contribution in [1.29, 1.82) is 0 Å². The van der Waals surface area contributed by atoms with E-state index in [1.54, 1.807) is 0 Å². The fourth-order valence-corrected chi connectivity index (χ4v) is 1.77. The summed E-state index contributed by atoms with van der Waals surface area (Å²) >= 11 is 0. The van der Waals surface area contributed by atoms with E-state index in [4.69, 9.17) is 0 Å². The topological polar surface area (TPSA) is 57.8 Å². The van der Waals surface area contributed by atoms with Crippen LogP contribution >= 0.6 is 0 Å². The SMILES string of the molecule is CCc1nc2ccc(C(=O)NCC(C)C)cc2[nH]1. The third-order valence-corrected chi connectivity index (χ3v) is 2.80. The summed E-state index contributed by atoms with van der Waals surface area (Å²) in [5, 5.41) is 2.91. The molecule has 2 rings (SSSR count). The minimum Gasteiger partial charge on any atom is -0.352 e. The number of hydrogen-bond donors (Lipinski definition) is 2. The molecule has 0 unspecified atom stereocenters. The van der Waals surface area contributed by atoms with Crippen molar-refractivity contribution in [2.75, 3.05) is 6.54 Å². The molecule has 1 amide bonds. The molecule has 0 atom stereocenters. The van der Waals surface area contributed by atoms with E-state index in [0.717, 1.165) is 23.3 Å². The lowest BCUT2D eigenvalue weighted by Crippen LogP contribution is -2.27. The summed E-state index contributed by atoms with van der Waals surface area (Å²) in [4.78, 5) is 19.6. The highest BCUT2D eigenvalue weighted by Crippen LogP contribution is 2.14. The molecule has 0 aliphatic carbocycles. The number of nitrogens with one attached hydrogen (secondary N) is 2. The van der Waals surface area contributed by atoms with Gasteiger partial charge >= 0.3 is 0 Å². The lowest BCUT2D eigenvalue weighted by molar-refractivity contribution is 0.0949. The molecule has 1 heterocycles. The predicted molar refractivity (Wildman–Crippen MR) is 72.6 cm³/mol. The summed E-state index contributed by atoms with van der Waals surface area (Å²) in [6, 6.07) is 5.56. The fraction of sp³-hybridized carbons (Fsp3) is 0.429. The summed E-state index contributed by atoms with van der Waals surface area (Å²) < 4.78 is 0. The van der Waals surface area contributed by atoms with Crippen molar-refractivity contribution in [1.82, 2.24) is 15.3 Å². The average Bonchev–Trinajstić information content (AvgIpc) is 2.77. The van der Waals surface area contributed by atoms with Gasteiger partial charge in [-0.25, -0.2) is 4.98 Å². The van der Waals surface area contributed by atoms with E-state index in [1.165, 1.54) is 0 Å². The van der Waals surface area contributed by atoms with Gasteiger partial charge in [-0.3, -0.25) is 4.79 Å². The van der Waals surface area contributed by atoms with E-state index in [2.05, 4.69) is 29.1 Å². The van der Waals surface area contributed by atoms with Gasteiger partial charge in [0, 0.05) is 18.5 Å². The van der Waals surface area contributed by atoms with Gasteiger partial charge in [-0.05, 0) is 24.1 Å². The van der Waals surface area contributed by atoms with Gasteiger partial charge in [-0.1, -0.05) is 20.8 Å². The molecule has 0 saturated heterocycles. The number of imidazole rings is 1. The number of carbonyl (C=O) groups is 1. The molecular weight excluding hydrogens is 226 g/mol. The number of carbonyl (C=O) groups excluding carboxylic acids is 1. The van der Waals surface area contributed by atoms with Gasteiger partial charge in [0.2, 0.25) is 0 Å². The molecule has 2 N–H and O–H groups in total. The summed E-state index contributed by atoms with van der Waals surface area (Å²) in [5.41, 5.74) is 2.51. The van der Waals surface area contributed by atoms with Crippen LogP contribution in [0.3, 0.4) is 0 Å². The first-order valence-electron chi connectivity index (χ1n) is 6.37. The fourth-order valence-electron chi connectivity index (χ4n) is 1.77. The normalized spacial score (nSPS) is 11.1. The molecule has 0 aliphatic rings. The van der Waals surface area contributed by atoms with Crippen LogP contribution in [0.15, 0.2) is 18.2 Å². The Labute approximate surface area is 107 Å². The average molecular weight is 245 g/mol. The van der Waals surface area contributed by atoms with Gasteiger partial charge in [-0.2, -0.15) is 0 Å². The molecule has 1 aromatic carbocycles. The molecule has 0 spiro atoms. The maximum atomic E-state index is 11.9. The zero-order chi connectivity index (χ0) is 13.1. The van der Waals surface area contributed by atoms with E-state index >= 15 is 0 Å². The lowest BCUT2D eigenvalue weighted by Gasteiger charge is -2.07. The highest BCUT2D eigenvalue weighted by molar-refractivity contribution is 5.97. The highest BCUT2D eigenvalue weighted by atomic mass is 16.1. The number of aryl methyl sites for hydroxylation is 1. The monoisotopic (exact) mass is 245 g/mol. The first-order valence-corrected chi connectivity index (χ1v) is 6.37. The quantitative estimate of drug-likeness (QED) is 0.869. The number of benzene rings is 1. The highest BCUT2D eigenvalue weighted by Gasteiger charge is 2.08. The van der Waals surface area contributed by atoms with Gasteiger partial charge < -0.3 is 10.3 Å². The first-order chi connectivity index (χ1) is 8.60. The maximum absolute atomic E-state index is 11.9. The van der Waals surface area contributed by atoms with Crippen LogP contribution in [0.4, 0.5) is 0 Å². The van der Waals surface area contributed by atoms with E-state index in [-0.39, 0.29) is 5.91 Å². The molecule has 4 nitrogen and oxygen atoms in total. The van der Waals surface area contributed by atoms with Crippen molar-refractivity contribution >= 4 is 16.9 Å². The molecule has 18 heavy (non-hydrogen) atoms. The maximum Gasteiger partial charge on any atom is 0.251 e. The zero-order valence-electron chi connectivity index (χ0n) is 11.1. The van der Waals surface area contributed by atoms with Crippen molar-refractivity contribution in [3.05, 3.63) is 29.6 Å².